The van der Waals surface area contributed by atoms with Gasteiger partial charge in [0.1, 0.15) is 17.9 Å². The number of nitrogens with one attached hydrogen (secondary N) is 2. The van der Waals surface area contributed by atoms with Gasteiger partial charge >= 0.3 is 0 Å². The van der Waals surface area contributed by atoms with Gasteiger partial charge in [0.15, 0.2) is 0 Å². The van der Waals surface area contributed by atoms with Crippen LogP contribution in [0.3, 0.4) is 0 Å². The van der Waals surface area contributed by atoms with E-state index in [4.69, 9.17) is 4.74 Å². The molecule has 2 aromatic rings. The molecule has 6 heteroatoms. The second-order valence-corrected chi connectivity index (χ2v) is 7.12. The number of benzene rings is 1. The van der Waals surface area contributed by atoms with Crippen molar-refractivity contribution >= 4 is 11.8 Å². The van der Waals surface area contributed by atoms with Gasteiger partial charge in [0, 0.05) is 25.1 Å². The molecule has 2 amide bonds. The third-order valence-electron chi connectivity index (χ3n) is 4.58. The van der Waals surface area contributed by atoms with Crippen LogP contribution in [0.2, 0.25) is 0 Å². The highest BCUT2D eigenvalue weighted by atomic mass is 16.5. The normalized spacial score (nSPS) is 16.4. The molecule has 0 saturated heterocycles. The Balaban J connectivity index is 1.65. The van der Waals surface area contributed by atoms with E-state index in [0.717, 1.165) is 29.0 Å². The molecule has 0 spiro atoms. The van der Waals surface area contributed by atoms with Crippen molar-refractivity contribution in [3.8, 4) is 17.0 Å². The first-order valence-electron chi connectivity index (χ1n) is 9.20. The number of para-hydroxylation sites is 1. The predicted octanol–water partition coefficient (Wildman–Crippen LogP) is 2.33. The second kappa shape index (κ2) is 8.20. The molecule has 0 bridgehead atoms. The highest BCUT2D eigenvalue weighted by Crippen LogP contribution is 2.37. The molecule has 2 heterocycles. The second-order valence-electron chi connectivity index (χ2n) is 7.12. The van der Waals surface area contributed by atoms with Crippen LogP contribution in [0.1, 0.15) is 26.3 Å². The molecule has 0 aliphatic carbocycles. The maximum absolute atomic E-state index is 12.4. The fourth-order valence-electron chi connectivity index (χ4n) is 3.25. The largest absolute Gasteiger partial charge is 0.487 e. The molecule has 1 aromatic carbocycles. The summed E-state index contributed by atoms with van der Waals surface area (Å²) in [6.07, 6.45) is 2.34. The molecule has 2 N–H and O–H groups in total. The lowest BCUT2D eigenvalue weighted by Crippen LogP contribution is -2.50. The zero-order chi connectivity index (χ0) is 19.4. The summed E-state index contributed by atoms with van der Waals surface area (Å²) in [6.45, 7) is 5.61. The minimum atomic E-state index is -0.546. The number of hydrogen-bond acceptors (Lipinski definition) is 4. The summed E-state index contributed by atoms with van der Waals surface area (Å²) in [7, 11) is 0. The van der Waals surface area contributed by atoms with Gasteiger partial charge in [-0.3, -0.25) is 14.6 Å². The molecule has 3 rings (SSSR count). The third kappa shape index (κ3) is 4.45. The summed E-state index contributed by atoms with van der Waals surface area (Å²) in [5.74, 6) is 0.433. The Labute approximate surface area is 159 Å². The van der Waals surface area contributed by atoms with E-state index in [0.29, 0.717) is 6.54 Å². The lowest BCUT2D eigenvalue weighted by atomic mass is 10.0. The molecular weight excluding hydrogens is 342 g/mol. The monoisotopic (exact) mass is 367 g/mol. The van der Waals surface area contributed by atoms with E-state index in [1.165, 1.54) is 6.92 Å². The Bertz CT molecular complexity index is 821. The van der Waals surface area contributed by atoms with E-state index in [-0.39, 0.29) is 23.8 Å². The number of amides is 2. The SMILES string of the molecule is CC(=O)N[C@@H](C(=O)NC[C@@H]1Cc2cccc(-c3ccccn3)c2O1)C(C)C. The summed E-state index contributed by atoms with van der Waals surface area (Å²) >= 11 is 0. The van der Waals surface area contributed by atoms with Crippen molar-refractivity contribution in [1.82, 2.24) is 15.6 Å². The Morgan fingerprint density at radius 3 is 2.70 bits per heavy atom. The van der Waals surface area contributed by atoms with E-state index < -0.39 is 6.04 Å². The van der Waals surface area contributed by atoms with Crippen molar-refractivity contribution in [3.05, 3.63) is 48.2 Å². The van der Waals surface area contributed by atoms with Crippen molar-refractivity contribution < 1.29 is 14.3 Å². The van der Waals surface area contributed by atoms with Gasteiger partial charge < -0.3 is 15.4 Å². The molecule has 1 aliphatic heterocycles. The highest BCUT2D eigenvalue weighted by Gasteiger charge is 2.28. The molecule has 27 heavy (non-hydrogen) atoms. The molecule has 0 fully saturated rings. The standard InChI is InChI=1S/C21H25N3O3/c1-13(2)19(24-14(3)25)21(26)23-12-16-11-15-7-6-8-17(20(15)27-16)18-9-4-5-10-22-18/h4-10,13,16,19H,11-12H2,1-3H3,(H,23,26)(H,24,25)/t16-,19+/m0/s1. The van der Waals surface area contributed by atoms with E-state index in [1.807, 2.05) is 50.2 Å². The average Bonchev–Trinajstić information content (AvgIpc) is 3.07. The van der Waals surface area contributed by atoms with Crippen molar-refractivity contribution in [1.29, 1.82) is 0 Å². The van der Waals surface area contributed by atoms with Gasteiger partial charge in [0.25, 0.3) is 0 Å². The van der Waals surface area contributed by atoms with Crippen molar-refractivity contribution in [2.45, 2.75) is 39.3 Å². The van der Waals surface area contributed by atoms with Crippen LogP contribution in [-0.2, 0) is 16.0 Å². The van der Waals surface area contributed by atoms with E-state index in [1.54, 1.807) is 6.20 Å². The molecule has 0 radical (unpaired) electrons. The highest BCUT2D eigenvalue weighted by molar-refractivity contribution is 5.87. The van der Waals surface area contributed by atoms with Crippen LogP contribution in [0.4, 0.5) is 0 Å². The number of nitrogens with zero attached hydrogens (tertiary/aromatic N) is 1. The number of aromatic nitrogens is 1. The van der Waals surface area contributed by atoms with Gasteiger partial charge in [-0.1, -0.05) is 32.0 Å². The maximum Gasteiger partial charge on any atom is 0.242 e. The predicted molar refractivity (Wildman–Crippen MR) is 103 cm³/mol. The smallest absolute Gasteiger partial charge is 0.242 e. The Morgan fingerprint density at radius 2 is 2.04 bits per heavy atom. The summed E-state index contributed by atoms with van der Waals surface area (Å²) < 4.78 is 6.12. The number of fused-ring (bicyclic) bond motifs is 1. The molecule has 0 saturated carbocycles. The van der Waals surface area contributed by atoms with Gasteiger partial charge in [0.05, 0.1) is 12.2 Å². The quantitative estimate of drug-likeness (QED) is 0.821. The lowest BCUT2D eigenvalue weighted by Gasteiger charge is -2.22. The number of rotatable bonds is 6. The number of carbonyl (C=O) groups excluding carboxylic acids is 2. The zero-order valence-electron chi connectivity index (χ0n) is 15.9. The first-order chi connectivity index (χ1) is 13.0. The zero-order valence-corrected chi connectivity index (χ0v) is 15.9. The molecule has 1 aromatic heterocycles. The van der Waals surface area contributed by atoms with Gasteiger partial charge in [-0.05, 0) is 29.7 Å². The Hall–Kier alpha value is -2.89. The molecular formula is C21H25N3O3. The molecule has 0 unspecified atom stereocenters. The summed E-state index contributed by atoms with van der Waals surface area (Å²) in [5, 5.41) is 5.61. The van der Waals surface area contributed by atoms with Gasteiger partial charge in [-0.25, -0.2) is 0 Å². The van der Waals surface area contributed by atoms with E-state index >= 15 is 0 Å². The topological polar surface area (TPSA) is 80.3 Å². The fraction of sp³-hybridized carbons (Fsp3) is 0.381. The third-order valence-corrected chi connectivity index (χ3v) is 4.58. The van der Waals surface area contributed by atoms with Crippen LogP contribution < -0.4 is 15.4 Å². The first-order valence-corrected chi connectivity index (χ1v) is 9.20. The number of hydrogen-bond donors (Lipinski definition) is 2. The Morgan fingerprint density at radius 1 is 1.22 bits per heavy atom. The van der Waals surface area contributed by atoms with Crippen LogP contribution in [0.15, 0.2) is 42.6 Å². The fourth-order valence-corrected chi connectivity index (χ4v) is 3.25. The van der Waals surface area contributed by atoms with Crippen LogP contribution in [0.25, 0.3) is 11.3 Å². The van der Waals surface area contributed by atoms with E-state index in [2.05, 4.69) is 15.6 Å². The van der Waals surface area contributed by atoms with Crippen molar-refractivity contribution in [2.24, 2.45) is 5.92 Å². The van der Waals surface area contributed by atoms with Crippen LogP contribution in [0, 0.1) is 5.92 Å². The van der Waals surface area contributed by atoms with E-state index in [9.17, 15) is 9.59 Å². The van der Waals surface area contributed by atoms with Gasteiger partial charge in [-0.15, -0.1) is 0 Å². The van der Waals surface area contributed by atoms with Crippen LogP contribution >= 0.6 is 0 Å². The number of pyridine rings is 1. The number of ether oxygens (including phenoxy) is 1. The number of carbonyl (C=O) groups is 2. The van der Waals surface area contributed by atoms with Crippen molar-refractivity contribution in [3.63, 3.8) is 0 Å². The molecule has 6 nitrogen and oxygen atoms in total. The minimum Gasteiger partial charge on any atom is -0.487 e. The van der Waals surface area contributed by atoms with Gasteiger partial charge in [0.2, 0.25) is 11.8 Å². The first kappa shape index (κ1) is 18.9. The summed E-state index contributed by atoms with van der Waals surface area (Å²) in [4.78, 5) is 28.2. The average molecular weight is 367 g/mol. The minimum absolute atomic E-state index is 0.00588. The maximum atomic E-state index is 12.4. The van der Waals surface area contributed by atoms with Crippen LogP contribution in [0.5, 0.6) is 5.75 Å². The van der Waals surface area contributed by atoms with Gasteiger partial charge in [-0.2, -0.15) is 0 Å². The van der Waals surface area contributed by atoms with Crippen molar-refractivity contribution in [2.75, 3.05) is 6.54 Å². The Kier molecular flexibility index (Phi) is 5.74. The summed E-state index contributed by atoms with van der Waals surface area (Å²) in [5.41, 5.74) is 2.93. The molecule has 142 valence electrons. The lowest BCUT2D eigenvalue weighted by molar-refractivity contribution is -0.129. The summed E-state index contributed by atoms with van der Waals surface area (Å²) in [6, 6.07) is 11.3. The van der Waals surface area contributed by atoms with Crippen LogP contribution in [-0.4, -0.2) is 35.5 Å². The molecule has 1 aliphatic rings. The molecule has 2 atom stereocenters.